The number of nitrogens with two attached hydrogens (primary N) is 1. The van der Waals surface area contributed by atoms with Crippen LogP contribution in [0.4, 0.5) is 4.79 Å². The first-order valence-electron chi connectivity index (χ1n) is 4.87. The molecule has 0 fully saturated rings. The van der Waals surface area contributed by atoms with Crippen molar-refractivity contribution in [2.24, 2.45) is 5.73 Å². The van der Waals surface area contributed by atoms with Crippen molar-refractivity contribution in [1.29, 1.82) is 0 Å². The highest BCUT2D eigenvalue weighted by atomic mass is 32.1. The molecule has 5 N–H and O–H groups in total. The molecule has 98 valence electrons. The molecule has 1 atom stereocenters. The quantitative estimate of drug-likeness (QED) is 0.519. The lowest BCUT2D eigenvalue weighted by atomic mass is 10.2. The highest BCUT2D eigenvalue weighted by Gasteiger charge is 2.23. The van der Waals surface area contributed by atoms with Crippen LogP contribution in [0, 0.1) is 0 Å². The number of ether oxygens (including phenoxy) is 1. The Labute approximate surface area is 105 Å². The van der Waals surface area contributed by atoms with Gasteiger partial charge in [0.1, 0.15) is 11.6 Å². The molecular weight excluding hydrogens is 246 g/mol. The fourth-order valence-corrected chi connectivity index (χ4v) is 0.936. The third-order valence-corrected chi connectivity index (χ3v) is 1.61. The van der Waals surface area contributed by atoms with E-state index >= 15 is 0 Å². The Hall–Kier alpha value is -1.57. The van der Waals surface area contributed by atoms with Gasteiger partial charge in [-0.1, -0.05) is 0 Å². The van der Waals surface area contributed by atoms with E-state index < -0.39 is 23.7 Å². The zero-order chi connectivity index (χ0) is 13.6. The SMILES string of the molecule is CC(C)(C)OC(=O)N[C@@H](CNC(N)=S)C(=O)O. The first-order chi connectivity index (χ1) is 7.61. The van der Waals surface area contributed by atoms with Crippen molar-refractivity contribution in [1.82, 2.24) is 10.6 Å². The maximum absolute atomic E-state index is 11.3. The van der Waals surface area contributed by atoms with Crippen LogP contribution >= 0.6 is 12.2 Å². The molecule has 0 bridgehead atoms. The molecule has 8 heteroatoms. The van der Waals surface area contributed by atoms with Gasteiger partial charge in [-0.2, -0.15) is 0 Å². The summed E-state index contributed by atoms with van der Waals surface area (Å²) in [7, 11) is 0. The minimum Gasteiger partial charge on any atom is -0.480 e. The molecule has 0 spiro atoms. The molecule has 0 saturated heterocycles. The van der Waals surface area contributed by atoms with Gasteiger partial charge in [0.25, 0.3) is 0 Å². The van der Waals surface area contributed by atoms with Gasteiger partial charge in [0, 0.05) is 6.54 Å². The zero-order valence-electron chi connectivity index (χ0n) is 9.94. The Balaban J connectivity index is 4.30. The van der Waals surface area contributed by atoms with E-state index in [9.17, 15) is 9.59 Å². The Morgan fingerprint density at radius 3 is 2.35 bits per heavy atom. The van der Waals surface area contributed by atoms with Gasteiger partial charge >= 0.3 is 12.1 Å². The number of hydrogen-bond acceptors (Lipinski definition) is 4. The number of nitrogens with one attached hydrogen (secondary N) is 2. The van der Waals surface area contributed by atoms with E-state index in [1.165, 1.54) is 0 Å². The van der Waals surface area contributed by atoms with E-state index in [4.69, 9.17) is 15.6 Å². The molecule has 7 nitrogen and oxygen atoms in total. The van der Waals surface area contributed by atoms with E-state index in [0.717, 1.165) is 0 Å². The van der Waals surface area contributed by atoms with Gasteiger partial charge in [-0.15, -0.1) is 0 Å². The summed E-state index contributed by atoms with van der Waals surface area (Å²) in [5, 5.41) is 13.4. The van der Waals surface area contributed by atoms with Crippen LogP contribution in [0.25, 0.3) is 0 Å². The summed E-state index contributed by atoms with van der Waals surface area (Å²) in [5.74, 6) is -1.21. The largest absolute Gasteiger partial charge is 0.480 e. The van der Waals surface area contributed by atoms with Gasteiger partial charge in [-0.25, -0.2) is 9.59 Å². The molecule has 17 heavy (non-hydrogen) atoms. The van der Waals surface area contributed by atoms with E-state index in [2.05, 4.69) is 22.9 Å². The number of rotatable bonds is 4. The Morgan fingerprint density at radius 1 is 1.47 bits per heavy atom. The predicted octanol–water partition coefficient (Wildman–Crippen LogP) is -0.202. The summed E-state index contributed by atoms with van der Waals surface area (Å²) >= 11 is 4.53. The number of aliphatic carboxylic acids is 1. The fourth-order valence-electron chi connectivity index (χ4n) is 0.853. The van der Waals surface area contributed by atoms with Crippen molar-refractivity contribution >= 4 is 29.4 Å². The molecule has 0 aromatic carbocycles. The second-order valence-corrected chi connectivity index (χ2v) is 4.72. The van der Waals surface area contributed by atoms with Crippen LogP contribution in [-0.4, -0.2) is 40.5 Å². The maximum atomic E-state index is 11.3. The number of carbonyl (C=O) groups is 2. The average molecular weight is 263 g/mol. The third-order valence-electron chi connectivity index (χ3n) is 1.47. The van der Waals surface area contributed by atoms with Crippen LogP contribution in [0.15, 0.2) is 0 Å². The third kappa shape index (κ3) is 8.26. The fraction of sp³-hybridized carbons (Fsp3) is 0.667. The van der Waals surface area contributed by atoms with Crippen molar-refractivity contribution in [3.8, 4) is 0 Å². The summed E-state index contributed by atoms with van der Waals surface area (Å²) in [6.07, 6.45) is -0.811. The molecule has 0 aromatic rings. The number of alkyl carbamates (subject to hydrolysis) is 1. The van der Waals surface area contributed by atoms with Crippen LogP contribution < -0.4 is 16.4 Å². The van der Waals surface area contributed by atoms with Crippen LogP contribution in [0.1, 0.15) is 20.8 Å². The van der Waals surface area contributed by atoms with Crippen molar-refractivity contribution in [2.75, 3.05) is 6.54 Å². The minimum atomic E-state index is -1.21. The van der Waals surface area contributed by atoms with Gasteiger partial charge in [-0.3, -0.25) is 0 Å². The first kappa shape index (κ1) is 15.4. The van der Waals surface area contributed by atoms with Crippen LogP contribution in [0.3, 0.4) is 0 Å². The zero-order valence-corrected chi connectivity index (χ0v) is 10.8. The number of amides is 1. The van der Waals surface area contributed by atoms with Crippen molar-refractivity contribution in [3.63, 3.8) is 0 Å². The molecule has 0 aromatic heterocycles. The molecular formula is C9H17N3O4S. The molecule has 1 amide bonds. The summed E-state index contributed by atoms with van der Waals surface area (Å²) in [5.41, 5.74) is 4.47. The van der Waals surface area contributed by atoms with E-state index in [0.29, 0.717) is 0 Å². The molecule has 0 aliphatic carbocycles. The monoisotopic (exact) mass is 263 g/mol. The molecule has 0 rings (SSSR count). The highest BCUT2D eigenvalue weighted by molar-refractivity contribution is 7.80. The van der Waals surface area contributed by atoms with Gasteiger partial charge in [-0.05, 0) is 33.0 Å². The standard InChI is InChI=1S/C9H17N3O4S/c1-9(2,3)16-8(15)12-5(6(13)14)4-11-7(10)17/h5H,4H2,1-3H3,(H,12,15)(H,13,14)(H3,10,11,17)/t5-/m0/s1. The Bertz CT molecular complexity index is 314. The van der Waals surface area contributed by atoms with Crippen molar-refractivity contribution < 1.29 is 19.4 Å². The second kappa shape index (κ2) is 6.24. The average Bonchev–Trinajstić information content (AvgIpc) is 2.08. The number of carboxylic acid groups (broad SMARTS) is 1. The molecule has 0 aliphatic heterocycles. The molecule has 0 radical (unpaired) electrons. The smallest absolute Gasteiger partial charge is 0.408 e. The Morgan fingerprint density at radius 2 is 2.00 bits per heavy atom. The molecule has 0 unspecified atom stereocenters. The number of carboxylic acids is 1. The van der Waals surface area contributed by atoms with Crippen molar-refractivity contribution in [3.05, 3.63) is 0 Å². The van der Waals surface area contributed by atoms with Gasteiger partial charge < -0.3 is 26.2 Å². The highest BCUT2D eigenvalue weighted by Crippen LogP contribution is 2.06. The van der Waals surface area contributed by atoms with Gasteiger partial charge in [0.15, 0.2) is 5.11 Å². The number of thiocarbonyl (C=S) groups is 1. The van der Waals surface area contributed by atoms with Crippen LogP contribution in [-0.2, 0) is 9.53 Å². The molecule has 0 heterocycles. The lowest BCUT2D eigenvalue weighted by Gasteiger charge is -2.22. The van der Waals surface area contributed by atoms with Crippen LogP contribution in [0.2, 0.25) is 0 Å². The Kier molecular flexibility index (Phi) is 5.66. The van der Waals surface area contributed by atoms with E-state index in [1.54, 1.807) is 20.8 Å². The van der Waals surface area contributed by atoms with Crippen molar-refractivity contribution in [2.45, 2.75) is 32.4 Å². The molecule has 0 aliphatic rings. The lowest BCUT2D eigenvalue weighted by molar-refractivity contribution is -0.139. The molecule has 0 saturated carbocycles. The van der Waals surface area contributed by atoms with Crippen LogP contribution in [0.5, 0.6) is 0 Å². The summed E-state index contributed by atoms with van der Waals surface area (Å²) < 4.78 is 4.92. The maximum Gasteiger partial charge on any atom is 0.408 e. The normalized spacial score (nSPS) is 12.4. The minimum absolute atomic E-state index is 0.0396. The predicted molar refractivity (Wildman–Crippen MR) is 65.6 cm³/mol. The first-order valence-corrected chi connectivity index (χ1v) is 5.28. The van der Waals surface area contributed by atoms with Gasteiger partial charge in [0.2, 0.25) is 0 Å². The number of hydrogen-bond donors (Lipinski definition) is 4. The summed E-state index contributed by atoms with van der Waals surface area (Å²) in [6.45, 7) is 4.92. The van der Waals surface area contributed by atoms with E-state index in [1.807, 2.05) is 0 Å². The summed E-state index contributed by atoms with van der Waals surface area (Å²) in [4.78, 5) is 22.1. The second-order valence-electron chi connectivity index (χ2n) is 4.28. The summed E-state index contributed by atoms with van der Waals surface area (Å²) in [6, 6.07) is -1.16. The topological polar surface area (TPSA) is 114 Å². The number of carbonyl (C=O) groups excluding carboxylic acids is 1. The lowest BCUT2D eigenvalue weighted by Crippen LogP contribution is -2.50. The van der Waals surface area contributed by atoms with E-state index in [-0.39, 0.29) is 11.7 Å². The van der Waals surface area contributed by atoms with Gasteiger partial charge in [0.05, 0.1) is 0 Å².